The summed E-state index contributed by atoms with van der Waals surface area (Å²) in [5.74, 6) is 0.132. The molecule has 98 valence electrons. The average molecular weight is 247 g/mol. The van der Waals surface area contributed by atoms with E-state index in [9.17, 15) is 4.79 Å². The summed E-state index contributed by atoms with van der Waals surface area (Å²) in [5, 5.41) is 3.37. The third-order valence-corrected chi connectivity index (χ3v) is 3.36. The third kappa shape index (κ3) is 3.07. The lowest BCUT2D eigenvalue weighted by Crippen LogP contribution is -2.49. The fourth-order valence-corrected chi connectivity index (χ4v) is 2.45. The van der Waals surface area contributed by atoms with Gasteiger partial charge in [0.2, 0.25) is 0 Å². The van der Waals surface area contributed by atoms with Gasteiger partial charge in [-0.1, -0.05) is 6.92 Å². The Morgan fingerprint density at radius 1 is 1.50 bits per heavy atom. The highest BCUT2D eigenvalue weighted by Crippen LogP contribution is 2.14. The summed E-state index contributed by atoms with van der Waals surface area (Å²) in [4.78, 5) is 18.5. The maximum atomic E-state index is 12.5. The van der Waals surface area contributed by atoms with Gasteiger partial charge >= 0.3 is 0 Å². The van der Waals surface area contributed by atoms with E-state index in [1.165, 1.54) is 0 Å². The van der Waals surface area contributed by atoms with Crippen LogP contribution < -0.4 is 5.32 Å². The molecule has 1 aromatic rings. The second-order valence-electron chi connectivity index (χ2n) is 4.73. The standard InChI is InChI=1S/C14H21N3O/c1-2-10-17(13-4-3-7-16-11-13)14(18)12-5-8-15-9-6-12/h5-6,8-9,13,16H,2-4,7,10-11H2,1H3. The first kappa shape index (κ1) is 13.0. The Kier molecular flexibility index (Phi) is 4.70. The predicted octanol–water partition coefficient (Wildman–Crippen LogP) is 1.69. The van der Waals surface area contributed by atoms with Crippen LogP contribution in [0.3, 0.4) is 0 Å². The van der Waals surface area contributed by atoms with Crippen LogP contribution in [0.4, 0.5) is 0 Å². The fraction of sp³-hybridized carbons (Fsp3) is 0.571. The van der Waals surface area contributed by atoms with Crippen LogP contribution in [0.25, 0.3) is 0 Å². The topological polar surface area (TPSA) is 45.2 Å². The van der Waals surface area contributed by atoms with Crippen LogP contribution in [0.2, 0.25) is 0 Å². The Balaban J connectivity index is 2.11. The molecule has 18 heavy (non-hydrogen) atoms. The van der Waals surface area contributed by atoms with Gasteiger partial charge in [-0.3, -0.25) is 9.78 Å². The lowest BCUT2D eigenvalue weighted by Gasteiger charge is -2.34. The van der Waals surface area contributed by atoms with Crippen molar-refractivity contribution in [2.45, 2.75) is 32.2 Å². The summed E-state index contributed by atoms with van der Waals surface area (Å²) in [6, 6.07) is 3.92. The van der Waals surface area contributed by atoms with Crippen LogP contribution in [0, 0.1) is 0 Å². The lowest BCUT2D eigenvalue weighted by atomic mass is 10.0. The Labute approximate surface area is 108 Å². The molecule has 2 rings (SSSR count). The van der Waals surface area contributed by atoms with Gasteiger partial charge in [-0.15, -0.1) is 0 Å². The van der Waals surface area contributed by atoms with E-state index in [1.807, 2.05) is 4.90 Å². The molecule has 0 spiro atoms. The van der Waals surface area contributed by atoms with Crippen LogP contribution in [-0.4, -0.2) is 41.5 Å². The van der Waals surface area contributed by atoms with E-state index >= 15 is 0 Å². The maximum Gasteiger partial charge on any atom is 0.254 e. The Hall–Kier alpha value is -1.42. The molecule has 0 aromatic carbocycles. The zero-order valence-corrected chi connectivity index (χ0v) is 10.9. The molecule has 1 N–H and O–H groups in total. The zero-order chi connectivity index (χ0) is 12.8. The largest absolute Gasteiger partial charge is 0.334 e. The first-order chi connectivity index (χ1) is 8.83. The molecule has 1 atom stereocenters. The number of pyridine rings is 1. The summed E-state index contributed by atoms with van der Waals surface area (Å²) >= 11 is 0. The molecule has 2 heterocycles. The van der Waals surface area contributed by atoms with Crippen molar-refractivity contribution in [2.75, 3.05) is 19.6 Å². The number of aromatic nitrogens is 1. The van der Waals surface area contributed by atoms with Gasteiger partial charge in [-0.05, 0) is 37.9 Å². The maximum absolute atomic E-state index is 12.5. The molecule has 1 aliphatic rings. The minimum Gasteiger partial charge on any atom is -0.334 e. The van der Waals surface area contributed by atoms with Crippen molar-refractivity contribution in [2.24, 2.45) is 0 Å². The first-order valence-electron chi connectivity index (χ1n) is 6.74. The molecule has 0 radical (unpaired) electrons. The van der Waals surface area contributed by atoms with Crippen molar-refractivity contribution in [3.8, 4) is 0 Å². The highest BCUT2D eigenvalue weighted by atomic mass is 16.2. The molecule has 1 aliphatic heterocycles. The highest BCUT2D eigenvalue weighted by Gasteiger charge is 2.25. The Morgan fingerprint density at radius 3 is 2.89 bits per heavy atom. The third-order valence-electron chi connectivity index (χ3n) is 3.36. The van der Waals surface area contributed by atoms with Crippen LogP contribution in [0.1, 0.15) is 36.5 Å². The summed E-state index contributed by atoms with van der Waals surface area (Å²) in [6.07, 6.45) is 6.60. The van der Waals surface area contributed by atoms with Crippen molar-refractivity contribution in [3.05, 3.63) is 30.1 Å². The van der Waals surface area contributed by atoms with Crippen LogP contribution >= 0.6 is 0 Å². The van der Waals surface area contributed by atoms with Gasteiger partial charge < -0.3 is 10.2 Å². The molecule has 1 saturated heterocycles. The zero-order valence-electron chi connectivity index (χ0n) is 10.9. The normalized spacial score (nSPS) is 19.5. The molecule has 1 aromatic heterocycles. The molecular weight excluding hydrogens is 226 g/mol. The highest BCUT2D eigenvalue weighted by molar-refractivity contribution is 5.94. The van der Waals surface area contributed by atoms with Gasteiger partial charge in [-0.2, -0.15) is 0 Å². The molecule has 1 amide bonds. The minimum atomic E-state index is 0.132. The van der Waals surface area contributed by atoms with Gasteiger partial charge in [-0.25, -0.2) is 0 Å². The quantitative estimate of drug-likeness (QED) is 0.880. The summed E-state index contributed by atoms with van der Waals surface area (Å²) in [7, 11) is 0. The van der Waals surface area contributed by atoms with Crippen LogP contribution in [0.5, 0.6) is 0 Å². The van der Waals surface area contributed by atoms with E-state index < -0.39 is 0 Å². The second-order valence-corrected chi connectivity index (χ2v) is 4.73. The molecule has 1 unspecified atom stereocenters. The molecule has 0 saturated carbocycles. The van der Waals surface area contributed by atoms with Crippen LogP contribution in [0.15, 0.2) is 24.5 Å². The van der Waals surface area contributed by atoms with E-state index in [0.29, 0.717) is 6.04 Å². The average Bonchev–Trinajstić information content (AvgIpc) is 2.46. The second kappa shape index (κ2) is 6.50. The van der Waals surface area contributed by atoms with Gasteiger partial charge in [0.05, 0.1) is 0 Å². The molecule has 4 heteroatoms. The number of piperidine rings is 1. The molecular formula is C14H21N3O. The van der Waals surface area contributed by atoms with Crippen molar-refractivity contribution in [1.29, 1.82) is 0 Å². The number of nitrogens with zero attached hydrogens (tertiary/aromatic N) is 2. The minimum absolute atomic E-state index is 0.132. The van der Waals surface area contributed by atoms with Crippen molar-refractivity contribution >= 4 is 5.91 Å². The van der Waals surface area contributed by atoms with E-state index in [2.05, 4.69) is 17.2 Å². The number of hydrogen-bond acceptors (Lipinski definition) is 3. The van der Waals surface area contributed by atoms with Crippen molar-refractivity contribution in [3.63, 3.8) is 0 Å². The predicted molar refractivity (Wildman–Crippen MR) is 71.5 cm³/mol. The number of amides is 1. The number of carbonyl (C=O) groups excluding carboxylic acids is 1. The van der Waals surface area contributed by atoms with Gasteiger partial charge in [0.25, 0.3) is 5.91 Å². The number of carbonyl (C=O) groups is 1. The van der Waals surface area contributed by atoms with Crippen molar-refractivity contribution in [1.82, 2.24) is 15.2 Å². The summed E-state index contributed by atoms with van der Waals surface area (Å²) in [5.41, 5.74) is 0.740. The number of hydrogen-bond donors (Lipinski definition) is 1. The van der Waals surface area contributed by atoms with Crippen LogP contribution in [-0.2, 0) is 0 Å². The first-order valence-corrected chi connectivity index (χ1v) is 6.74. The monoisotopic (exact) mass is 247 g/mol. The Bertz CT molecular complexity index is 374. The number of nitrogens with one attached hydrogen (secondary N) is 1. The van der Waals surface area contributed by atoms with E-state index in [-0.39, 0.29) is 5.91 Å². The van der Waals surface area contributed by atoms with Gasteiger partial charge in [0.1, 0.15) is 0 Å². The Morgan fingerprint density at radius 2 is 2.28 bits per heavy atom. The number of rotatable bonds is 4. The summed E-state index contributed by atoms with van der Waals surface area (Å²) < 4.78 is 0. The van der Waals surface area contributed by atoms with Gasteiger partial charge in [0, 0.05) is 37.1 Å². The molecule has 4 nitrogen and oxygen atoms in total. The van der Waals surface area contributed by atoms with E-state index in [1.54, 1.807) is 24.5 Å². The van der Waals surface area contributed by atoms with Gasteiger partial charge in [0.15, 0.2) is 0 Å². The molecule has 0 aliphatic carbocycles. The smallest absolute Gasteiger partial charge is 0.254 e. The van der Waals surface area contributed by atoms with E-state index in [4.69, 9.17) is 0 Å². The molecule has 0 bridgehead atoms. The fourth-order valence-electron chi connectivity index (χ4n) is 2.45. The molecule has 1 fully saturated rings. The van der Waals surface area contributed by atoms with Crippen molar-refractivity contribution < 1.29 is 4.79 Å². The lowest BCUT2D eigenvalue weighted by molar-refractivity contribution is 0.0649. The van der Waals surface area contributed by atoms with E-state index in [0.717, 1.165) is 44.5 Å². The summed E-state index contributed by atoms with van der Waals surface area (Å²) in [6.45, 7) is 4.92. The SMILES string of the molecule is CCCN(C(=O)c1ccncc1)C1CCCNC1.